The van der Waals surface area contributed by atoms with E-state index in [4.69, 9.17) is 5.11 Å². The monoisotopic (exact) mass is 307 g/mol. The van der Waals surface area contributed by atoms with E-state index < -0.39 is 23.2 Å². The molecule has 1 aliphatic rings. The Labute approximate surface area is 129 Å². The zero-order valence-electron chi connectivity index (χ0n) is 12.8. The molecule has 0 unspecified atom stereocenters. The van der Waals surface area contributed by atoms with Gasteiger partial charge < -0.3 is 10.0 Å². The number of carboxylic acids is 1. The van der Waals surface area contributed by atoms with Crippen molar-refractivity contribution >= 4 is 23.6 Å². The minimum Gasteiger partial charge on any atom is -0.481 e. The predicted octanol–water partition coefficient (Wildman–Crippen LogP) is 2.72. The van der Waals surface area contributed by atoms with E-state index in [1.165, 1.54) is 4.90 Å². The molecule has 1 aliphatic carbocycles. The van der Waals surface area contributed by atoms with Crippen molar-refractivity contribution in [3.63, 3.8) is 0 Å². The summed E-state index contributed by atoms with van der Waals surface area (Å²) >= 11 is 1.68. The van der Waals surface area contributed by atoms with E-state index in [2.05, 4.69) is 0 Å². The number of aliphatic carboxylic acids is 1. The lowest BCUT2D eigenvalue weighted by Gasteiger charge is -2.18. The fourth-order valence-electron chi connectivity index (χ4n) is 2.88. The molecule has 1 fully saturated rings. The van der Waals surface area contributed by atoms with Crippen LogP contribution in [0.25, 0.3) is 0 Å². The van der Waals surface area contributed by atoms with Crippen molar-refractivity contribution in [1.82, 2.24) is 4.90 Å². The van der Waals surface area contributed by atoms with Crippen LogP contribution >= 0.6 is 11.8 Å². The second-order valence-electron chi connectivity index (χ2n) is 6.16. The summed E-state index contributed by atoms with van der Waals surface area (Å²) in [6.45, 7) is 4.19. The maximum atomic E-state index is 12.4. The van der Waals surface area contributed by atoms with Crippen molar-refractivity contribution in [2.24, 2.45) is 17.3 Å². The van der Waals surface area contributed by atoms with Crippen LogP contribution in [0.1, 0.15) is 19.4 Å². The Hall–Kier alpha value is -1.49. The van der Waals surface area contributed by atoms with E-state index in [9.17, 15) is 9.59 Å². The first kappa shape index (κ1) is 15.9. The third kappa shape index (κ3) is 3.07. The van der Waals surface area contributed by atoms with E-state index in [1.807, 2.05) is 44.4 Å². The Bertz CT molecular complexity index is 553. The highest BCUT2D eigenvalue weighted by atomic mass is 32.2. The van der Waals surface area contributed by atoms with Gasteiger partial charge in [-0.25, -0.2) is 0 Å². The Kier molecular flexibility index (Phi) is 4.33. The zero-order valence-corrected chi connectivity index (χ0v) is 13.6. The van der Waals surface area contributed by atoms with Crippen molar-refractivity contribution in [3.8, 4) is 0 Å². The summed E-state index contributed by atoms with van der Waals surface area (Å²) in [4.78, 5) is 26.4. The minimum atomic E-state index is -0.879. The molecule has 4 nitrogen and oxygen atoms in total. The Balaban J connectivity index is 2.02. The normalized spacial score (nSPS) is 22.7. The van der Waals surface area contributed by atoms with E-state index in [1.54, 1.807) is 23.7 Å². The fourth-order valence-corrected chi connectivity index (χ4v) is 3.29. The summed E-state index contributed by atoms with van der Waals surface area (Å²) in [5, 5.41) is 9.16. The highest BCUT2D eigenvalue weighted by molar-refractivity contribution is 7.98. The highest BCUT2D eigenvalue weighted by Crippen LogP contribution is 2.58. The summed E-state index contributed by atoms with van der Waals surface area (Å²) in [7, 11) is 1.73. The van der Waals surface area contributed by atoms with Gasteiger partial charge in [-0.3, -0.25) is 9.59 Å². The van der Waals surface area contributed by atoms with Gasteiger partial charge in [0.15, 0.2) is 0 Å². The Morgan fingerprint density at radius 3 is 2.24 bits per heavy atom. The number of rotatable bonds is 5. The first-order valence-corrected chi connectivity index (χ1v) is 8.12. The van der Waals surface area contributed by atoms with Crippen LogP contribution in [0.4, 0.5) is 0 Å². The number of hydrogen-bond donors (Lipinski definition) is 1. The minimum absolute atomic E-state index is 0.0821. The van der Waals surface area contributed by atoms with Crippen molar-refractivity contribution in [2.45, 2.75) is 25.3 Å². The summed E-state index contributed by atoms with van der Waals surface area (Å²) < 4.78 is 0. The van der Waals surface area contributed by atoms with Crippen LogP contribution < -0.4 is 0 Å². The maximum absolute atomic E-state index is 12.4. The molecule has 114 valence electrons. The SMILES string of the molecule is CSc1ccc(CN(C)C(=O)[C@H]2[C@@H](C(=O)O)C2(C)C)cc1. The second-order valence-corrected chi connectivity index (χ2v) is 7.04. The van der Waals surface area contributed by atoms with Gasteiger partial charge in [0, 0.05) is 18.5 Å². The molecule has 1 N–H and O–H groups in total. The lowest BCUT2D eigenvalue weighted by molar-refractivity contribution is -0.141. The second kappa shape index (κ2) is 5.72. The molecule has 0 saturated heterocycles. The topological polar surface area (TPSA) is 57.6 Å². The van der Waals surface area contributed by atoms with Crippen LogP contribution in [0.2, 0.25) is 0 Å². The van der Waals surface area contributed by atoms with Crippen molar-refractivity contribution in [3.05, 3.63) is 29.8 Å². The van der Waals surface area contributed by atoms with Gasteiger partial charge >= 0.3 is 5.97 Å². The van der Waals surface area contributed by atoms with Crippen LogP contribution in [-0.4, -0.2) is 35.2 Å². The van der Waals surface area contributed by atoms with Gasteiger partial charge in [-0.05, 0) is 29.4 Å². The van der Waals surface area contributed by atoms with Gasteiger partial charge in [-0.15, -0.1) is 11.8 Å². The summed E-state index contributed by atoms with van der Waals surface area (Å²) in [5.74, 6) is -1.94. The number of thioether (sulfide) groups is 1. The third-order valence-corrected chi connectivity index (χ3v) is 5.06. The molecule has 0 spiro atoms. The lowest BCUT2D eigenvalue weighted by Crippen LogP contribution is -2.29. The summed E-state index contributed by atoms with van der Waals surface area (Å²) in [6, 6.07) is 8.06. The average Bonchev–Trinajstić information content (AvgIpc) is 3.01. The number of carboxylic acid groups (broad SMARTS) is 1. The molecule has 1 saturated carbocycles. The smallest absolute Gasteiger partial charge is 0.307 e. The standard InChI is InChI=1S/C16H21NO3S/c1-16(2)12(13(16)15(19)20)14(18)17(3)9-10-5-7-11(21-4)8-6-10/h5-8,12-13H,9H2,1-4H3,(H,19,20)/t12-,13+/m1/s1. The van der Waals surface area contributed by atoms with Crippen LogP contribution in [0.15, 0.2) is 29.2 Å². The van der Waals surface area contributed by atoms with Crippen LogP contribution in [-0.2, 0) is 16.1 Å². The van der Waals surface area contributed by atoms with Crippen LogP contribution in [0, 0.1) is 17.3 Å². The van der Waals surface area contributed by atoms with E-state index in [-0.39, 0.29) is 5.91 Å². The van der Waals surface area contributed by atoms with Gasteiger partial charge in [0.2, 0.25) is 5.91 Å². The third-order valence-electron chi connectivity index (χ3n) is 4.31. The molecule has 2 atom stereocenters. The molecular weight excluding hydrogens is 286 g/mol. The quantitative estimate of drug-likeness (QED) is 0.850. The predicted molar refractivity (Wildman–Crippen MR) is 83.1 cm³/mol. The number of carbonyl (C=O) groups is 2. The number of hydrogen-bond acceptors (Lipinski definition) is 3. The van der Waals surface area contributed by atoms with Crippen LogP contribution in [0.3, 0.4) is 0 Å². The van der Waals surface area contributed by atoms with Crippen molar-refractivity contribution < 1.29 is 14.7 Å². The molecule has 1 aromatic rings. The Morgan fingerprint density at radius 2 is 1.81 bits per heavy atom. The van der Waals surface area contributed by atoms with Gasteiger partial charge in [-0.2, -0.15) is 0 Å². The molecule has 0 heterocycles. The van der Waals surface area contributed by atoms with Crippen molar-refractivity contribution in [2.75, 3.05) is 13.3 Å². The maximum Gasteiger partial charge on any atom is 0.307 e. The number of amides is 1. The average molecular weight is 307 g/mol. The molecule has 0 aliphatic heterocycles. The molecule has 21 heavy (non-hydrogen) atoms. The number of benzene rings is 1. The molecule has 1 aromatic carbocycles. The molecule has 5 heteroatoms. The van der Waals surface area contributed by atoms with E-state index in [0.29, 0.717) is 6.54 Å². The zero-order chi connectivity index (χ0) is 15.8. The summed E-state index contributed by atoms with van der Waals surface area (Å²) in [5.41, 5.74) is 0.605. The van der Waals surface area contributed by atoms with Gasteiger partial charge in [0.1, 0.15) is 0 Å². The summed E-state index contributed by atoms with van der Waals surface area (Å²) in [6.07, 6.45) is 2.02. The highest BCUT2D eigenvalue weighted by Gasteiger charge is 2.66. The molecular formula is C16H21NO3S. The molecule has 0 radical (unpaired) electrons. The fraction of sp³-hybridized carbons (Fsp3) is 0.500. The molecule has 2 rings (SSSR count). The van der Waals surface area contributed by atoms with E-state index >= 15 is 0 Å². The number of carbonyl (C=O) groups excluding carboxylic acids is 1. The first-order valence-electron chi connectivity index (χ1n) is 6.89. The molecule has 1 amide bonds. The van der Waals surface area contributed by atoms with Gasteiger partial charge in [0.05, 0.1) is 11.8 Å². The van der Waals surface area contributed by atoms with Gasteiger partial charge in [-0.1, -0.05) is 26.0 Å². The van der Waals surface area contributed by atoms with E-state index in [0.717, 1.165) is 5.56 Å². The molecule has 0 aromatic heterocycles. The Morgan fingerprint density at radius 1 is 1.24 bits per heavy atom. The van der Waals surface area contributed by atoms with Crippen molar-refractivity contribution in [1.29, 1.82) is 0 Å². The largest absolute Gasteiger partial charge is 0.481 e. The lowest BCUT2D eigenvalue weighted by atomic mass is 10.1. The molecule has 0 bridgehead atoms. The van der Waals surface area contributed by atoms with Crippen LogP contribution in [0.5, 0.6) is 0 Å². The number of nitrogens with zero attached hydrogens (tertiary/aromatic N) is 1. The first-order chi connectivity index (χ1) is 9.78. The van der Waals surface area contributed by atoms with Gasteiger partial charge in [0.25, 0.3) is 0 Å².